The van der Waals surface area contributed by atoms with Gasteiger partial charge in [0, 0.05) is 14.0 Å². The molecule has 0 aliphatic rings. The Morgan fingerprint density at radius 2 is 2.23 bits per heavy atom. The summed E-state index contributed by atoms with van der Waals surface area (Å²) in [6.45, 7) is 1.18. The third kappa shape index (κ3) is 5.66. The zero-order chi connectivity index (χ0) is 11.1. The van der Waals surface area contributed by atoms with Crippen LogP contribution in [0.2, 0.25) is 0 Å². The monoisotopic (exact) mass is 188 g/mol. The number of rotatable bonds is 4. The first-order valence-electron chi connectivity index (χ1n) is 4.16. The predicted molar refractivity (Wildman–Crippen MR) is 45.5 cm³/mol. The molecule has 0 aliphatic heterocycles. The minimum atomic E-state index is -1.01. The standard InChI is InChI=1S/C7H13N3O3/c1-6(12)9-4-10(2)7(13)3-8-5-11/h5H,3-4H2,1-2H3,(H,8,11)(H,9,12)/i5D. The maximum absolute atomic E-state index is 11.1. The third-order valence-electron chi connectivity index (χ3n) is 1.30. The molecular weight excluding hydrogens is 174 g/mol. The molecule has 13 heavy (non-hydrogen) atoms. The summed E-state index contributed by atoms with van der Waals surface area (Å²) in [5.74, 6) is -0.617. The molecule has 6 heteroatoms. The average molecular weight is 188 g/mol. The van der Waals surface area contributed by atoms with E-state index in [0.717, 1.165) is 0 Å². The lowest BCUT2D eigenvalue weighted by Gasteiger charge is -2.16. The summed E-state index contributed by atoms with van der Waals surface area (Å²) >= 11 is 0. The molecule has 0 aromatic carbocycles. The molecule has 0 saturated heterocycles. The van der Waals surface area contributed by atoms with E-state index in [1.807, 2.05) is 5.32 Å². The van der Waals surface area contributed by atoms with Crippen molar-refractivity contribution in [2.45, 2.75) is 6.92 Å². The van der Waals surface area contributed by atoms with Crippen LogP contribution in [0.1, 0.15) is 8.29 Å². The normalized spacial score (nSPS) is 9.85. The molecule has 0 aromatic heterocycles. The maximum Gasteiger partial charge on any atom is 0.243 e. The van der Waals surface area contributed by atoms with Gasteiger partial charge < -0.3 is 15.5 Å². The van der Waals surface area contributed by atoms with E-state index in [1.165, 1.54) is 18.9 Å². The SMILES string of the molecule is [2H]C(=O)NCC(=O)N(C)CNC(C)=O. The van der Waals surface area contributed by atoms with Crippen molar-refractivity contribution in [3.8, 4) is 0 Å². The van der Waals surface area contributed by atoms with Gasteiger partial charge in [0.05, 0.1) is 13.2 Å². The Balaban J connectivity index is 3.76. The van der Waals surface area contributed by atoms with Gasteiger partial charge in [-0.1, -0.05) is 0 Å². The quantitative estimate of drug-likeness (QED) is 0.407. The highest BCUT2D eigenvalue weighted by molar-refractivity contribution is 5.80. The van der Waals surface area contributed by atoms with E-state index in [9.17, 15) is 14.4 Å². The molecule has 74 valence electrons. The Morgan fingerprint density at radius 3 is 2.69 bits per heavy atom. The number of hydrogen-bond donors (Lipinski definition) is 2. The predicted octanol–water partition coefficient (Wildman–Crippen LogP) is -1.72. The average Bonchev–Trinajstić information content (AvgIpc) is 2.09. The van der Waals surface area contributed by atoms with Crippen LogP contribution >= 0.6 is 0 Å². The van der Waals surface area contributed by atoms with Crippen LogP contribution in [0.4, 0.5) is 0 Å². The molecule has 0 aliphatic carbocycles. The fraction of sp³-hybridized carbons (Fsp3) is 0.571. The first-order valence-corrected chi connectivity index (χ1v) is 3.66. The molecule has 6 nitrogen and oxygen atoms in total. The molecular formula is C7H13N3O3. The third-order valence-corrected chi connectivity index (χ3v) is 1.30. The second kappa shape index (κ2) is 5.99. The van der Waals surface area contributed by atoms with Crippen LogP contribution in [0.5, 0.6) is 0 Å². The van der Waals surface area contributed by atoms with E-state index < -0.39 is 6.39 Å². The van der Waals surface area contributed by atoms with Gasteiger partial charge in [0.1, 0.15) is 1.37 Å². The Bertz CT molecular complexity index is 244. The van der Waals surface area contributed by atoms with Crippen molar-refractivity contribution in [1.82, 2.24) is 15.5 Å². The van der Waals surface area contributed by atoms with Gasteiger partial charge in [-0.15, -0.1) is 0 Å². The van der Waals surface area contributed by atoms with Gasteiger partial charge in [0.25, 0.3) is 0 Å². The van der Waals surface area contributed by atoms with Crippen LogP contribution in [-0.4, -0.2) is 43.4 Å². The summed E-state index contributed by atoms with van der Waals surface area (Å²) in [6.07, 6.45) is -1.01. The summed E-state index contributed by atoms with van der Waals surface area (Å²) in [4.78, 5) is 33.0. The van der Waals surface area contributed by atoms with Crippen molar-refractivity contribution >= 4 is 18.2 Å². The van der Waals surface area contributed by atoms with Crippen LogP contribution in [0.3, 0.4) is 0 Å². The molecule has 3 amide bonds. The van der Waals surface area contributed by atoms with Gasteiger partial charge >= 0.3 is 0 Å². The Hall–Kier alpha value is -1.59. The fourth-order valence-corrected chi connectivity index (χ4v) is 0.565. The second-order valence-electron chi connectivity index (χ2n) is 2.44. The Kier molecular flexibility index (Phi) is 4.37. The largest absolute Gasteiger partial charge is 0.350 e. The summed E-state index contributed by atoms with van der Waals surface area (Å²) < 4.78 is 6.49. The smallest absolute Gasteiger partial charge is 0.243 e. The van der Waals surface area contributed by atoms with Gasteiger partial charge in [0.2, 0.25) is 18.2 Å². The van der Waals surface area contributed by atoms with Crippen molar-refractivity contribution < 1.29 is 15.8 Å². The molecule has 0 fully saturated rings. The number of carbonyl (C=O) groups excluding carboxylic acids is 3. The summed E-state index contributed by atoms with van der Waals surface area (Å²) in [7, 11) is 1.48. The van der Waals surface area contributed by atoms with Crippen LogP contribution in [0.25, 0.3) is 0 Å². The first kappa shape index (κ1) is 9.50. The van der Waals surface area contributed by atoms with Gasteiger partial charge in [-0.05, 0) is 0 Å². The van der Waals surface area contributed by atoms with Crippen LogP contribution < -0.4 is 10.6 Å². The number of hydrogen-bond acceptors (Lipinski definition) is 3. The van der Waals surface area contributed by atoms with E-state index in [1.54, 1.807) is 0 Å². The lowest BCUT2D eigenvalue weighted by molar-refractivity contribution is -0.131. The van der Waals surface area contributed by atoms with E-state index in [0.29, 0.717) is 0 Å². The van der Waals surface area contributed by atoms with Crippen molar-refractivity contribution in [1.29, 1.82) is 0 Å². The highest BCUT2D eigenvalue weighted by atomic mass is 16.2. The molecule has 0 bridgehead atoms. The molecule has 0 aromatic rings. The molecule has 0 unspecified atom stereocenters. The summed E-state index contributed by atoms with van der Waals surface area (Å²) in [5, 5.41) is 4.46. The summed E-state index contributed by atoms with van der Waals surface area (Å²) in [6, 6.07) is 0. The minimum absolute atomic E-state index is 0.0854. The van der Waals surface area contributed by atoms with E-state index in [-0.39, 0.29) is 25.0 Å². The first-order chi connectivity index (χ1) is 6.43. The van der Waals surface area contributed by atoms with Crippen LogP contribution in [0, 0.1) is 0 Å². The molecule has 2 N–H and O–H groups in total. The summed E-state index contributed by atoms with van der Waals surface area (Å²) in [5.41, 5.74) is 0. The Labute approximate surface area is 77.7 Å². The topological polar surface area (TPSA) is 78.5 Å². The molecule has 0 rings (SSSR count). The lowest BCUT2D eigenvalue weighted by atomic mass is 10.5. The molecule has 0 spiro atoms. The van der Waals surface area contributed by atoms with Gasteiger partial charge in [0.15, 0.2) is 0 Å². The number of amides is 3. The molecule has 0 radical (unpaired) electrons. The van der Waals surface area contributed by atoms with Crippen molar-refractivity contribution in [2.24, 2.45) is 0 Å². The minimum Gasteiger partial charge on any atom is -0.350 e. The number of carbonyl (C=O) groups is 3. The zero-order valence-corrected chi connectivity index (χ0v) is 7.59. The Morgan fingerprint density at radius 1 is 1.62 bits per heavy atom. The fourth-order valence-electron chi connectivity index (χ4n) is 0.565. The van der Waals surface area contributed by atoms with E-state index in [2.05, 4.69) is 5.32 Å². The van der Waals surface area contributed by atoms with Gasteiger partial charge in [-0.2, -0.15) is 0 Å². The maximum atomic E-state index is 11.1. The van der Waals surface area contributed by atoms with Gasteiger partial charge in [-0.3, -0.25) is 14.4 Å². The lowest BCUT2D eigenvalue weighted by Crippen LogP contribution is -2.41. The number of nitrogens with one attached hydrogen (secondary N) is 2. The molecule has 0 atom stereocenters. The number of nitrogens with zero attached hydrogens (tertiary/aromatic N) is 1. The van der Waals surface area contributed by atoms with Crippen LogP contribution in [0.15, 0.2) is 0 Å². The van der Waals surface area contributed by atoms with E-state index >= 15 is 0 Å². The van der Waals surface area contributed by atoms with E-state index in [4.69, 9.17) is 1.37 Å². The highest BCUT2D eigenvalue weighted by Crippen LogP contribution is 1.79. The molecule has 0 heterocycles. The highest BCUT2D eigenvalue weighted by Gasteiger charge is 2.06. The van der Waals surface area contributed by atoms with Crippen LogP contribution in [-0.2, 0) is 14.4 Å². The van der Waals surface area contributed by atoms with Crippen molar-refractivity contribution in [3.63, 3.8) is 0 Å². The van der Waals surface area contributed by atoms with Crippen molar-refractivity contribution in [3.05, 3.63) is 0 Å². The number of likely N-dealkylation sites (N-methyl/N-ethyl adjacent to an activating group) is 1. The van der Waals surface area contributed by atoms with Gasteiger partial charge in [-0.25, -0.2) is 0 Å². The molecule has 0 saturated carbocycles. The van der Waals surface area contributed by atoms with Crippen molar-refractivity contribution in [2.75, 3.05) is 20.3 Å². The second-order valence-corrected chi connectivity index (χ2v) is 2.44. The zero-order valence-electron chi connectivity index (χ0n) is 8.59.